The first-order chi connectivity index (χ1) is 10.3. The molecule has 1 amide bonds. The molecule has 6 nitrogen and oxygen atoms in total. The number of carbonyl (C=O) groups is 1. The highest BCUT2D eigenvalue weighted by molar-refractivity contribution is 5.67. The Bertz CT molecular complexity index is 524. The maximum atomic E-state index is 11.5. The maximum Gasteiger partial charge on any atom is 0.407 e. The summed E-state index contributed by atoms with van der Waals surface area (Å²) in [6.07, 6.45) is 0.143. The largest absolute Gasteiger partial charge is 0.454 e. The van der Waals surface area contributed by atoms with E-state index in [4.69, 9.17) is 14.2 Å². The van der Waals surface area contributed by atoms with Gasteiger partial charge in [-0.2, -0.15) is 0 Å². The molecule has 0 radical (unpaired) electrons. The highest BCUT2D eigenvalue weighted by atomic mass is 16.7. The van der Waals surface area contributed by atoms with Crippen molar-refractivity contribution in [2.45, 2.75) is 45.3 Å². The molecule has 122 valence electrons. The number of carbonyl (C=O) groups excluding carboxylic acids is 1. The summed E-state index contributed by atoms with van der Waals surface area (Å²) in [5.74, 6) is 1.35. The van der Waals surface area contributed by atoms with E-state index in [1.807, 2.05) is 26.8 Å². The van der Waals surface area contributed by atoms with E-state index in [-0.39, 0.29) is 6.79 Å². The number of rotatable bonds is 5. The fraction of sp³-hybridized carbons (Fsp3) is 0.562. The number of amides is 1. The Balaban J connectivity index is 1.72. The van der Waals surface area contributed by atoms with Gasteiger partial charge >= 0.3 is 6.09 Å². The standard InChI is InChI=1S/C16H23NO5/c1-16(2,3)22-15(19)17-8-4-5-12(18)11-6-7-13-14(9-11)21-10-20-13/h6-7,9,12,18H,4-5,8,10H2,1-3H3,(H,17,19). The van der Waals surface area contributed by atoms with Crippen LogP contribution in [0.15, 0.2) is 18.2 Å². The number of benzene rings is 1. The van der Waals surface area contributed by atoms with Crippen molar-refractivity contribution in [2.75, 3.05) is 13.3 Å². The van der Waals surface area contributed by atoms with Gasteiger partial charge in [0.25, 0.3) is 0 Å². The van der Waals surface area contributed by atoms with Crippen molar-refractivity contribution < 1.29 is 24.1 Å². The molecule has 1 atom stereocenters. The van der Waals surface area contributed by atoms with Crippen molar-refractivity contribution in [3.8, 4) is 11.5 Å². The monoisotopic (exact) mass is 309 g/mol. The molecule has 1 aliphatic heterocycles. The summed E-state index contributed by atoms with van der Waals surface area (Å²) in [5.41, 5.74) is 0.275. The summed E-state index contributed by atoms with van der Waals surface area (Å²) in [6, 6.07) is 5.40. The Kier molecular flexibility index (Phi) is 5.13. The van der Waals surface area contributed by atoms with Crippen LogP contribution in [0.4, 0.5) is 4.79 Å². The first-order valence-corrected chi connectivity index (χ1v) is 7.39. The third-order valence-corrected chi connectivity index (χ3v) is 3.10. The number of alkyl carbamates (subject to hydrolysis) is 1. The second-order valence-electron chi connectivity index (χ2n) is 6.20. The van der Waals surface area contributed by atoms with Gasteiger partial charge in [-0.25, -0.2) is 4.79 Å². The number of ether oxygens (including phenoxy) is 3. The summed E-state index contributed by atoms with van der Waals surface area (Å²) in [4.78, 5) is 11.5. The molecule has 1 heterocycles. The van der Waals surface area contributed by atoms with Gasteiger partial charge in [-0.15, -0.1) is 0 Å². The first kappa shape index (κ1) is 16.4. The molecule has 2 rings (SSSR count). The Morgan fingerprint density at radius 1 is 1.36 bits per heavy atom. The highest BCUT2D eigenvalue weighted by Crippen LogP contribution is 2.34. The van der Waals surface area contributed by atoms with Gasteiger partial charge in [0.05, 0.1) is 6.10 Å². The van der Waals surface area contributed by atoms with Crippen molar-refractivity contribution in [1.82, 2.24) is 5.32 Å². The van der Waals surface area contributed by atoms with Gasteiger partial charge in [-0.1, -0.05) is 6.07 Å². The fourth-order valence-corrected chi connectivity index (χ4v) is 2.09. The molecule has 0 saturated heterocycles. The van der Waals surface area contributed by atoms with E-state index in [1.54, 1.807) is 12.1 Å². The summed E-state index contributed by atoms with van der Waals surface area (Å²) in [6.45, 7) is 6.12. The summed E-state index contributed by atoms with van der Waals surface area (Å²) in [7, 11) is 0. The van der Waals surface area contributed by atoms with Gasteiger partial charge in [0.1, 0.15) is 5.60 Å². The van der Waals surface area contributed by atoms with Crippen LogP contribution in [0.3, 0.4) is 0 Å². The summed E-state index contributed by atoms with van der Waals surface area (Å²) < 4.78 is 15.7. The second-order valence-corrected chi connectivity index (χ2v) is 6.20. The first-order valence-electron chi connectivity index (χ1n) is 7.39. The van der Waals surface area contributed by atoms with Gasteiger partial charge < -0.3 is 24.6 Å². The number of fused-ring (bicyclic) bond motifs is 1. The smallest absolute Gasteiger partial charge is 0.407 e. The Morgan fingerprint density at radius 2 is 2.09 bits per heavy atom. The summed E-state index contributed by atoms with van der Waals surface area (Å²) >= 11 is 0. The average Bonchev–Trinajstić information content (AvgIpc) is 2.88. The molecule has 1 aliphatic rings. The molecule has 6 heteroatoms. The molecule has 0 bridgehead atoms. The van der Waals surface area contributed by atoms with Crippen LogP contribution in [0, 0.1) is 0 Å². The average molecular weight is 309 g/mol. The minimum absolute atomic E-state index is 0.217. The Morgan fingerprint density at radius 3 is 2.82 bits per heavy atom. The van der Waals surface area contributed by atoms with Crippen LogP contribution < -0.4 is 14.8 Å². The molecule has 1 unspecified atom stereocenters. The predicted molar refractivity (Wildman–Crippen MR) is 81.0 cm³/mol. The SMILES string of the molecule is CC(C)(C)OC(=O)NCCCC(O)c1ccc2c(c1)OCO2. The lowest BCUT2D eigenvalue weighted by atomic mass is 10.0. The molecule has 0 spiro atoms. The van der Waals surface area contributed by atoms with E-state index < -0.39 is 17.8 Å². The molecule has 0 saturated carbocycles. The van der Waals surface area contributed by atoms with Crippen molar-refractivity contribution in [1.29, 1.82) is 0 Å². The lowest BCUT2D eigenvalue weighted by Crippen LogP contribution is -2.33. The molecule has 0 aliphatic carbocycles. The normalized spacial score (nSPS) is 14.5. The van der Waals surface area contributed by atoms with Crippen LogP contribution in [-0.2, 0) is 4.74 Å². The number of hydrogen-bond donors (Lipinski definition) is 2. The number of aliphatic hydroxyl groups excluding tert-OH is 1. The molecule has 1 aromatic rings. The zero-order valence-corrected chi connectivity index (χ0v) is 13.2. The van der Waals surface area contributed by atoms with Crippen LogP contribution in [-0.4, -0.2) is 30.1 Å². The molecule has 0 aromatic heterocycles. The second kappa shape index (κ2) is 6.87. The molecule has 22 heavy (non-hydrogen) atoms. The van der Waals surface area contributed by atoms with E-state index in [1.165, 1.54) is 0 Å². The predicted octanol–water partition coefficient (Wildman–Crippen LogP) is 2.75. The van der Waals surface area contributed by atoms with E-state index in [2.05, 4.69) is 5.32 Å². The quantitative estimate of drug-likeness (QED) is 0.818. The topological polar surface area (TPSA) is 77.0 Å². The van der Waals surface area contributed by atoms with Crippen molar-refractivity contribution in [3.63, 3.8) is 0 Å². The fourth-order valence-electron chi connectivity index (χ4n) is 2.09. The third kappa shape index (κ3) is 4.80. The van der Waals surface area contributed by atoms with Gasteiger partial charge in [-0.05, 0) is 51.3 Å². The van der Waals surface area contributed by atoms with Crippen molar-refractivity contribution in [3.05, 3.63) is 23.8 Å². The van der Waals surface area contributed by atoms with Gasteiger partial charge in [0, 0.05) is 6.54 Å². The number of hydrogen-bond acceptors (Lipinski definition) is 5. The van der Waals surface area contributed by atoms with Crippen LogP contribution in [0.5, 0.6) is 11.5 Å². The lowest BCUT2D eigenvalue weighted by Gasteiger charge is -2.19. The van der Waals surface area contributed by atoms with Crippen LogP contribution >= 0.6 is 0 Å². The Labute approximate surface area is 130 Å². The zero-order valence-electron chi connectivity index (χ0n) is 13.2. The van der Waals surface area contributed by atoms with Crippen LogP contribution in [0.25, 0.3) is 0 Å². The maximum absolute atomic E-state index is 11.5. The van der Waals surface area contributed by atoms with E-state index in [0.29, 0.717) is 30.9 Å². The van der Waals surface area contributed by atoms with E-state index >= 15 is 0 Å². The highest BCUT2D eigenvalue weighted by Gasteiger charge is 2.17. The van der Waals surface area contributed by atoms with Gasteiger partial charge in [-0.3, -0.25) is 0 Å². The van der Waals surface area contributed by atoms with E-state index in [9.17, 15) is 9.90 Å². The Hall–Kier alpha value is -1.95. The lowest BCUT2D eigenvalue weighted by molar-refractivity contribution is 0.0523. The molecule has 2 N–H and O–H groups in total. The van der Waals surface area contributed by atoms with Crippen LogP contribution in [0.2, 0.25) is 0 Å². The van der Waals surface area contributed by atoms with Crippen molar-refractivity contribution in [2.24, 2.45) is 0 Å². The minimum atomic E-state index is -0.602. The van der Waals surface area contributed by atoms with Gasteiger partial charge in [0.15, 0.2) is 11.5 Å². The third-order valence-electron chi connectivity index (χ3n) is 3.10. The number of nitrogens with one attached hydrogen (secondary N) is 1. The van der Waals surface area contributed by atoms with Gasteiger partial charge in [0.2, 0.25) is 6.79 Å². The molecular formula is C16H23NO5. The molecule has 1 aromatic carbocycles. The number of aliphatic hydroxyl groups is 1. The van der Waals surface area contributed by atoms with Crippen LogP contribution in [0.1, 0.15) is 45.3 Å². The molecular weight excluding hydrogens is 286 g/mol. The minimum Gasteiger partial charge on any atom is -0.454 e. The summed E-state index contributed by atoms with van der Waals surface area (Å²) in [5, 5.41) is 12.8. The van der Waals surface area contributed by atoms with E-state index in [0.717, 1.165) is 5.56 Å². The molecule has 0 fully saturated rings. The zero-order chi connectivity index (χ0) is 16.2. The van der Waals surface area contributed by atoms with Crippen molar-refractivity contribution >= 4 is 6.09 Å².